The Hall–Kier alpha value is -2.34. The summed E-state index contributed by atoms with van der Waals surface area (Å²) in [7, 11) is 0. The van der Waals surface area contributed by atoms with Crippen LogP contribution in [0, 0.1) is 5.82 Å². The average Bonchev–Trinajstić information content (AvgIpc) is 3.06. The van der Waals surface area contributed by atoms with Crippen LogP contribution in [0.2, 0.25) is 0 Å². The van der Waals surface area contributed by atoms with Crippen molar-refractivity contribution < 1.29 is 9.18 Å². The molecule has 0 unspecified atom stereocenters. The molecular weight excluding hydrogens is 373 g/mol. The Morgan fingerprint density at radius 1 is 1.18 bits per heavy atom. The highest BCUT2D eigenvalue weighted by Crippen LogP contribution is 2.26. The van der Waals surface area contributed by atoms with Gasteiger partial charge < -0.3 is 9.47 Å². The van der Waals surface area contributed by atoms with Gasteiger partial charge in [-0.25, -0.2) is 9.37 Å². The van der Waals surface area contributed by atoms with Crippen molar-refractivity contribution in [3.63, 3.8) is 0 Å². The number of carbonyl (C=O) groups is 1. The van der Waals surface area contributed by atoms with Crippen LogP contribution >= 0.6 is 11.8 Å². The van der Waals surface area contributed by atoms with Crippen molar-refractivity contribution in [3.05, 3.63) is 59.9 Å². The molecule has 146 valence electrons. The Morgan fingerprint density at radius 2 is 1.96 bits per heavy atom. The van der Waals surface area contributed by atoms with Crippen LogP contribution in [-0.4, -0.2) is 38.7 Å². The minimum Gasteiger partial charge on any atom is -0.339 e. The predicted octanol–water partition coefficient (Wildman–Crippen LogP) is 4.72. The number of hydrogen-bond acceptors (Lipinski definition) is 3. The number of carbonyl (C=O) groups excluding carboxylic acids is 1. The first-order valence-corrected chi connectivity index (χ1v) is 10.7. The van der Waals surface area contributed by atoms with E-state index >= 15 is 0 Å². The molecule has 4 rings (SSSR count). The summed E-state index contributed by atoms with van der Waals surface area (Å²) in [5, 5.41) is 0.823. The van der Waals surface area contributed by atoms with E-state index in [1.165, 1.54) is 30.3 Å². The second-order valence-electron chi connectivity index (χ2n) is 7.32. The van der Waals surface area contributed by atoms with Crippen LogP contribution in [0.25, 0.3) is 11.0 Å². The summed E-state index contributed by atoms with van der Waals surface area (Å²) in [6.45, 7) is 3.58. The number of halogens is 1. The summed E-state index contributed by atoms with van der Waals surface area (Å²) in [6, 6.07) is 14.8. The van der Waals surface area contributed by atoms with Crippen molar-refractivity contribution in [1.82, 2.24) is 14.5 Å². The van der Waals surface area contributed by atoms with Crippen molar-refractivity contribution in [2.45, 2.75) is 43.9 Å². The molecule has 1 fully saturated rings. The molecule has 1 atom stereocenters. The number of hydrogen-bond donors (Lipinski definition) is 0. The molecule has 28 heavy (non-hydrogen) atoms. The zero-order valence-electron chi connectivity index (χ0n) is 16.0. The van der Waals surface area contributed by atoms with Gasteiger partial charge in [-0.2, -0.15) is 0 Å². The van der Waals surface area contributed by atoms with Gasteiger partial charge in [0.1, 0.15) is 5.82 Å². The zero-order valence-corrected chi connectivity index (χ0v) is 16.8. The summed E-state index contributed by atoms with van der Waals surface area (Å²) >= 11 is 1.49. The largest absolute Gasteiger partial charge is 0.339 e. The molecule has 1 aliphatic heterocycles. The Balaban J connectivity index is 1.56. The van der Waals surface area contributed by atoms with E-state index in [-0.39, 0.29) is 11.7 Å². The lowest BCUT2D eigenvalue weighted by Crippen LogP contribution is -2.43. The molecule has 0 saturated carbocycles. The molecule has 1 aliphatic rings. The summed E-state index contributed by atoms with van der Waals surface area (Å²) in [5.74, 6) is 0.324. The second kappa shape index (κ2) is 8.35. The number of nitrogens with zero attached hydrogens (tertiary/aromatic N) is 3. The first kappa shape index (κ1) is 19.0. The van der Waals surface area contributed by atoms with E-state index in [2.05, 4.69) is 11.5 Å². The molecule has 3 aromatic rings. The second-order valence-corrected chi connectivity index (χ2v) is 8.26. The normalized spacial score (nSPS) is 17.2. The van der Waals surface area contributed by atoms with Gasteiger partial charge in [0.15, 0.2) is 5.16 Å². The monoisotopic (exact) mass is 397 g/mol. The van der Waals surface area contributed by atoms with E-state index in [0.717, 1.165) is 41.1 Å². The van der Waals surface area contributed by atoms with Crippen molar-refractivity contribution in [1.29, 1.82) is 0 Å². The van der Waals surface area contributed by atoms with Crippen LogP contribution < -0.4 is 0 Å². The third-order valence-corrected chi connectivity index (χ3v) is 6.28. The number of aromatic nitrogens is 2. The Labute approximate surface area is 168 Å². The lowest BCUT2D eigenvalue weighted by molar-refractivity contribution is -0.131. The molecule has 0 spiro atoms. The quantitative estimate of drug-likeness (QED) is 0.585. The van der Waals surface area contributed by atoms with E-state index in [4.69, 9.17) is 4.98 Å². The number of fused-ring (bicyclic) bond motifs is 1. The standard InChI is InChI=1S/C22H24FN3OS/c1-16-6-4-5-13-25(16)21(27)15-28-22-24-19-7-2-3-8-20(19)26(22)14-17-9-11-18(23)12-10-17/h2-3,7-12,16H,4-6,13-15H2,1H3/t16-/m1/s1. The fraction of sp³-hybridized carbons (Fsp3) is 0.364. The van der Waals surface area contributed by atoms with Crippen molar-refractivity contribution >= 4 is 28.7 Å². The maximum absolute atomic E-state index is 13.3. The van der Waals surface area contributed by atoms with Gasteiger partial charge in [0.05, 0.1) is 23.3 Å². The lowest BCUT2D eigenvalue weighted by Gasteiger charge is -2.33. The van der Waals surface area contributed by atoms with Gasteiger partial charge >= 0.3 is 0 Å². The number of amides is 1. The molecule has 4 nitrogen and oxygen atoms in total. The first-order valence-electron chi connectivity index (χ1n) is 9.74. The smallest absolute Gasteiger partial charge is 0.233 e. The van der Waals surface area contributed by atoms with Crippen molar-refractivity contribution in [3.8, 4) is 0 Å². The number of para-hydroxylation sites is 2. The highest BCUT2D eigenvalue weighted by molar-refractivity contribution is 7.99. The minimum atomic E-state index is -0.241. The number of imidazole rings is 1. The van der Waals surface area contributed by atoms with Gasteiger partial charge in [-0.3, -0.25) is 4.79 Å². The third-order valence-electron chi connectivity index (χ3n) is 5.32. The van der Waals surface area contributed by atoms with Crippen LogP contribution in [0.5, 0.6) is 0 Å². The number of likely N-dealkylation sites (tertiary alicyclic amines) is 1. The average molecular weight is 398 g/mol. The topological polar surface area (TPSA) is 38.1 Å². The molecule has 6 heteroatoms. The maximum atomic E-state index is 13.3. The first-order chi connectivity index (χ1) is 13.6. The molecule has 2 heterocycles. The highest BCUT2D eigenvalue weighted by atomic mass is 32.2. The van der Waals surface area contributed by atoms with E-state index in [9.17, 15) is 9.18 Å². The van der Waals surface area contributed by atoms with Crippen LogP contribution in [-0.2, 0) is 11.3 Å². The van der Waals surface area contributed by atoms with E-state index in [1.807, 2.05) is 29.2 Å². The van der Waals surface area contributed by atoms with Gasteiger partial charge in [0.2, 0.25) is 5.91 Å². The Kier molecular flexibility index (Phi) is 5.67. The van der Waals surface area contributed by atoms with Crippen LogP contribution in [0.1, 0.15) is 31.7 Å². The predicted molar refractivity (Wildman–Crippen MR) is 111 cm³/mol. The van der Waals surface area contributed by atoms with Crippen LogP contribution in [0.15, 0.2) is 53.7 Å². The number of piperidine rings is 1. The van der Waals surface area contributed by atoms with E-state index in [1.54, 1.807) is 12.1 Å². The van der Waals surface area contributed by atoms with Gasteiger partial charge in [-0.1, -0.05) is 36.0 Å². The summed E-state index contributed by atoms with van der Waals surface area (Å²) in [6.07, 6.45) is 3.37. The molecule has 0 N–H and O–H groups in total. The number of benzene rings is 2. The Bertz CT molecular complexity index is 970. The fourth-order valence-corrected chi connectivity index (χ4v) is 4.67. The molecule has 1 saturated heterocycles. The highest BCUT2D eigenvalue weighted by Gasteiger charge is 2.23. The van der Waals surface area contributed by atoms with Gasteiger partial charge in [0, 0.05) is 12.6 Å². The zero-order chi connectivity index (χ0) is 19.5. The minimum absolute atomic E-state index is 0.178. The van der Waals surface area contributed by atoms with Gasteiger partial charge in [-0.05, 0) is 56.0 Å². The summed E-state index contributed by atoms with van der Waals surface area (Å²) in [5.41, 5.74) is 2.93. The van der Waals surface area contributed by atoms with Gasteiger partial charge in [-0.15, -0.1) is 0 Å². The molecule has 0 aliphatic carbocycles. The third kappa shape index (κ3) is 4.07. The summed E-state index contributed by atoms with van der Waals surface area (Å²) in [4.78, 5) is 19.5. The fourth-order valence-electron chi connectivity index (χ4n) is 3.77. The Morgan fingerprint density at radius 3 is 2.75 bits per heavy atom. The molecule has 1 amide bonds. The van der Waals surface area contributed by atoms with Gasteiger partial charge in [0.25, 0.3) is 0 Å². The number of rotatable bonds is 5. The van der Waals surface area contributed by atoms with E-state index < -0.39 is 0 Å². The molecule has 0 radical (unpaired) electrons. The summed E-state index contributed by atoms with van der Waals surface area (Å²) < 4.78 is 15.4. The molecule has 1 aromatic heterocycles. The van der Waals surface area contributed by atoms with Crippen molar-refractivity contribution in [2.75, 3.05) is 12.3 Å². The SMILES string of the molecule is C[C@@H]1CCCCN1C(=O)CSc1nc2ccccc2n1Cc1ccc(F)cc1. The van der Waals surface area contributed by atoms with Crippen LogP contribution in [0.3, 0.4) is 0 Å². The number of thioether (sulfide) groups is 1. The van der Waals surface area contributed by atoms with Crippen LogP contribution in [0.4, 0.5) is 4.39 Å². The van der Waals surface area contributed by atoms with E-state index in [0.29, 0.717) is 18.3 Å². The lowest BCUT2D eigenvalue weighted by atomic mass is 10.0. The molecule has 0 bridgehead atoms. The molecule has 2 aromatic carbocycles. The van der Waals surface area contributed by atoms with Crippen molar-refractivity contribution in [2.24, 2.45) is 0 Å². The molecular formula is C22H24FN3OS. The maximum Gasteiger partial charge on any atom is 0.233 e.